The van der Waals surface area contributed by atoms with Crippen LogP contribution in [0.3, 0.4) is 0 Å². The van der Waals surface area contributed by atoms with E-state index in [1.165, 1.54) is 5.56 Å². The molecule has 0 fully saturated rings. The quantitative estimate of drug-likeness (QED) is 0.689. The topological polar surface area (TPSA) is 58.2 Å². The third kappa shape index (κ3) is 6.16. The van der Waals surface area contributed by atoms with Gasteiger partial charge in [-0.1, -0.05) is 39.8 Å². The van der Waals surface area contributed by atoms with Crippen LogP contribution >= 0.6 is 0 Å². The van der Waals surface area contributed by atoms with Gasteiger partial charge in [-0.25, -0.2) is 13.1 Å². The highest BCUT2D eigenvalue weighted by Crippen LogP contribution is 2.20. The van der Waals surface area contributed by atoms with E-state index in [9.17, 15) is 8.42 Å². The molecule has 0 heterocycles. The maximum absolute atomic E-state index is 12.1. The van der Waals surface area contributed by atoms with Crippen LogP contribution in [-0.4, -0.2) is 27.5 Å². The van der Waals surface area contributed by atoms with E-state index < -0.39 is 10.0 Å². The highest BCUT2D eigenvalue weighted by atomic mass is 32.2. The molecule has 0 spiro atoms. The zero-order valence-corrected chi connectivity index (χ0v) is 14.3. The predicted molar refractivity (Wildman–Crippen MR) is 88.1 cm³/mol. The summed E-state index contributed by atoms with van der Waals surface area (Å²) in [6.45, 7) is 9.68. The van der Waals surface area contributed by atoms with Crippen molar-refractivity contribution in [1.82, 2.24) is 10.0 Å². The van der Waals surface area contributed by atoms with Crippen LogP contribution in [0.5, 0.6) is 0 Å². The molecule has 21 heavy (non-hydrogen) atoms. The number of rotatable bonds is 9. The third-order valence-electron chi connectivity index (χ3n) is 3.57. The molecule has 1 atom stereocenters. The standard InChI is InChI=1S/C16H28N2O2S/c1-5-14(4)15-7-9-16(10-8-15)21(19,20)18-12-6-11-17-13(2)3/h7-10,13-14,17-18H,5-6,11-12H2,1-4H3. The van der Waals surface area contributed by atoms with Gasteiger partial charge in [-0.2, -0.15) is 0 Å². The van der Waals surface area contributed by atoms with E-state index in [1.807, 2.05) is 12.1 Å². The minimum Gasteiger partial charge on any atom is -0.314 e. The van der Waals surface area contributed by atoms with Crippen LogP contribution in [0, 0.1) is 0 Å². The normalized spacial score (nSPS) is 13.6. The number of hydrogen-bond acceptors (Lipinski definition) is 3. The van der Waals surface area contributed by atoms with Crippen molar-refractivity contribution in [3.63, 3.8) is 0 Å². The molecule has 0 aromatic heterocycles. The molecule has 0 amide bonds. The fraction of sp³-hybridized carbons (Fsp3) is 0.625. The minimum absolute atomic E-state index is 0.339. The first-order valence-electron chi connectivity index (χ1n) is 7.69. The lowest BCUT2D eigenvalue weighted by molar-refractivity contribution is 0.554. The lowest BCUT2D eigenvalue weighted by Crippen LogP contribution is -2.29. The van der Waals surface area contributed by atoms with Gasteiger partial charge in [0.05, 0.1) is 4.90 Å². The Morgan fingerprint density at radius 3 is 2.19 bits per heavy atom. The van der Waals surface area contributed by atoms with Crippen LogP contribution in [0.2, 0.25) is 0 Å². The van der Waals surface area contributed by atoms with Gasteiger partial charge in [0.15, 0.2) is 0 Å². The van der Waals surface area contributed by atoms with Crippen molar-refractivity contribution in [2.24, 2.45) is 0 Å². The monoisotopic (exact) mass is 312 g/mol. The van der Waals surface area contributed by atoms with Gasteiger partial charge in [-0.15, -0.1) is 0 Å². The van der Waals surface area contributed by atoms with Gasteiger partial charge in [0.1, 0.15) is 0 Å². The van der Waals surface area contributed by atoms with Crippen LogP contribution in [0.1, 0.15) is 52.0 Å². The molecule has 4 nitrogen and oxygen atoms in total. The minimum atomic E-state index is -3.39. The lowest BCUT2D eigenvalue weighted by atomic mass is 9.99. The van der Waals surface area contributed by atoms with Gasteiger partial charge in [-0.3, -0.25) is 0 Å². The molecule has 0 saturated carbocycles. The molecule has 1 rings (SSSR count). The molecule has 0 aliphatic carbocycles. The van der Waals surface area contributed by atoms with Crippen LogP contribution < -0.4 is 10.0 Å². The average Bonchev–Trinajstić information content (AvgIpc) is 2.45. The van der Waals surface area contributed by atoms with Crippen molar-refractivity contribution in [2.45, 2.75) is 57.4 Å². The van der Waals surface area contributed by atoms with E-state index in [4.69, 9.17) is 0 Å². The van der Waals surface area contributed by atoms with Gasteiger partial charge in [0.2, 0.25) is 10.0 Å². The number of hydrogen-bond donors (Lipinski definition) is 2. The Hall–Kier alpha value is -0.910. The summed E-state index contributed by atoms with van der Waals surface area (Å²) in [6.07, 6.45) is 1.83. The Balaban J connectivity index is 2.54. The summed E-state index contributed by atoms with van der Waals surface area (Å²) in [5.41, 5.74) is 1.18. The fourth-order valence-corrected chi connectivity index (χ4v) is 3.05. The van der Waals surface area contributed by atoms with Gasteiger partial charge in [0.25, 0.3) is 0 Å². The van der Waals surface area contributed by atoms with E-state index in [0.717, 1.165) is 19.4 Å². The first kappa shape index (κ1) is 18.1. The highest BCUT2D eigenvalue weighted by Gasteiger charge is 2.13. The van der Waals surface area contributed by atoms with Crippen LogP contribution in [0.25, 0.3) is 0 Å². The van der Waals surface area contributed by atoms with Crippen molar-refractivity contribution in [3.8, 4) is 0 Å². The molecule has 120 valence electrons. The van der Waals surface area contributed by atoms with Gasteiger partial charge in [-0.05, 0) is 43.0 Å². The van der Waals surface area contributed by atoms with Crippen molar-refractivity contribution < 1.29 is 8.42 Å². The molecule has 1 aromatic rings. The summed E-state index contributed by atoms with van der Waals surface area (Å²) in [4.78, 5) is 0.339. The van der Waals surface area contributed by atoms with Crippen molar-refractivity contribution in [1.29, 1.82) is 0 Å². The lowest BCUT2D eigenvalue weighted by Gasteiger charge is -2.11. The number of benzene rings is 1. The van der Waals surface area contributed by atoms with Crippen LogP contribution in [-0.2, 0) is 10.0 Å². The summed E-state index contributed by atoms with van der Waals surface area (Å²) < 4.78 is 26.9. The van der Waals surface area contributed by atoms with E-state index in [0.29, 0.717) is 23.4 Å². The smallest absolute Gasteiger partial charge is 0.240 e. The van der Waals surface area contributed by atoms with Gasteiger partial charge < -0.3 is 5.32 Å². The molecular formula is C16H28N2O2S. The largest absolute Gasteiger partial charge is 0.314 e. The predicted octanol–water partition coefficient (Wildman–Crippen LogP) is 2.87. The summed E-state index contributed by atoms with van der Waals surface area (Å²) in [7, 11) is -3.39. The van der Waals surface area contributed by atoms with E-state index in [-0.39, 0.29) is 0 Å². The molecule has 0 bridgehead atoms. The molecule has 1 unspecified atom stereocenters. The fourth-order valence-electron chi connectivity index (χ4n) is 1.98. The van der Waals surface area contributed by atoms with Crippen molar-refractivity contribution in [3.05, 3.63) is 29.8 Å². The molecular weight excluding hydrogens is 284 g/mol. The third-order valence-corrected chi connectivity index (χ3v) is 5.05. The zero-order chi connectivity index (χ0) is 15.9. The first-order chi connectivity index (χ1) is 9.86. The van der Waals surface area contributed by atoms with Crippen LogP contribution in [0.4, 0.5) is 0 Å². The molecule has 0 saturated heterocycles. The molecule has 5 heteroatoms. The van der Waals surface area contributed by atoms with Crippen molar-refractivity contribution >= 4 is 10.0 Å². The molecule has 0 radical (unpaired) electrons. The van der Waals surface area contributed by atoms with Crippen LogP contribution in [0.15, 0.2) is 29.2 Å². The Bertz CT molecular complexity index is 510. The molecule has 2 N–H and O–H groups in total. The highest BCUT2D eigenvalue weighted by molar-refractivity contribution is 7.89. The van der Waals surface area contributed by atoms with E-state index in [1.54, 1.807) is 12.1 Å². The summed E-state index contributed by atoms with van der Waals surface area (Å²) in [5, 5.41) is 3.26. The Kier molecular flexibility index (Phi) is 7.35. The second-order valence-electron chi connectivity index (χ2n) is 5.74. The van der Waals surface area contributed by atoms with Gasteiger partial charge >= 0.3 is 0 Å². The molecule has 0 aliphatic heterocycles. The van der Waals surface area contributed by atoms with E-state index in [2.05, 4.69) is 37.7 Å². The summed E-state index contributed by atoms with van der Waals surface area (Å²) >= 11 is 0. The SMILES string of the molecule is CCC(C)c1ccc(S(=O)(=O)NCCCNC(C)C)cc1. The number of sulfonamides is 1. The maximum atomic E-state index is 12.1. The maximum Gasteiger partial charge on any atom is 0.240 e. The second kappa shape index (κ2) is 8.51. The Labute approximate surface area is 129 Å². The number of nitrogens with one attached hydrogen (secondary N) is 2. The van der Waals surface area contributed by atoms with E-state index >= 15 is 0 Å². The average molecular weight is 312 g/mol. The Morgan fingerprint density at radius 2 is 1.67 bits per heavy atom. The summed E-state index contributed by atoms with van der Waals surface area (Å²) in [5.74, 6) is 0.455. The zero-order valence-electron chi connectivity index (χ0n) is 13.5. The molecule has 1 aromatic carbocycles. The molecule has 0 aliphatic rings. The first-order valence-corrected chi connectivity index (χ1v) is 9.18. The Morgan fingerprint density at radius 1 is 1.05 bits per heavy atom. The van der Waals surface area contributed by atoms with Gasteiger partial charge in [0, 0.05) is 12.6 Å². The second-order valence-corrected chi connectivity index (χ2v) is 7.51. The summed E-state index contributed by atoms with van der Waals surface area (Å²) in [6, 6.07) is 7.62. The van der Waals surface area contributed by atoms with Crippen molar-refractivity contribution in [2.75, 3.05) is 13.1 Å².